The van der Waals surface area contributed by atoms with E-state index in [0.29, 0.717) is 20.6 Å². The lowest BCUT2D eigenvalue weighted by Gasteiger charge is -2.18. The van der Waals surface area contributed by atoms with Gasteiger partial charge in [-0.1, -0.05) is 39.8 Å². The van der Waals surface area contributed by atoms with Crippen LogP contribution in [0.1, 0.15) is 47.9 Å². The van der Waals surface area contributed by atoms with Crippen molar-refractivity contribution in [3.05, 3.63) is 59.7 Å². The van der Waals surface area contributed by atoms with Crippen LogP contribution in [0.5, 0.6) is 0 Å². The third kappa shape index (κ3) is 5.47. The fourth-order valence-corrected chi connectivity index (χ4v) is 5.14. The standard InChI is InChI=1S/C22H18N2O8S2/c25-17-7-8-18(26)23(17)31-21(29)13-3-1-5-15(11-13)33-34-16-6-2-4-14(12-16)22(30)32-24-19(27)9-10-20(24)28/h1-6,11-12,21,29H,7-10H2. The molecule has 2 aliphatic rings. The molecule has 2 aromatic carbocycles. The minimum atomic E-state index is -1.49. The highest BCUT2D eigenvalue weighted by Crippen LogP contribution is 2.38. The maximum absolute atomic E-state index is 12.3. The molecule has 0 bridgehead atoms. The summed E-state index contributed by atoms with van der Waals surface area (Å²) in [5.74, 6) is -2.92. The number of hydroxylamine groups is 4. The molecule has 0 saturated carbocycles. The van der Waals surface area contributed by atoms with E-state index in [2.05, 4.69) is 0 Å². The SMILES string of the molecule is O=C(ON1C(=O)CCC1=O)c1cccc(SSc2cccc(C(O)ON3C(=O)CCC3=O)c2)c1. The van der Waals surface area contributed by atoms with Gasteiger partial charge in [-0.15, -0.1) is 5.06 Å². The Morgan fingerprint density at radius 1 is 0.794 bits per heavy atom. The molecule has 1 N–H and O–H groups in total. The number of benzene rings is 2. The highest BCUT2D eigenvalue weighted by Gasteiger charge is 2.34. The average molecular weight is 503 g/mol. The van der Waals surface area contributed by atoms with Crippen LogP contribution in [0.15, 0.2) is 58.3 Å². The fourth-order valence-electron chi connectivity index (χ4n) is 3.12. The van der Waals surface area contributed by atoms with E-state index in [1.807, 2.05) is 0 Å². The van der Waals surface area contributed by atoms with Gasteiger partial charge < -0.3 is 9.94 Å². The van der Waals surface area contributed by atoms with Crippen LogP contribution in [0.3, 0.4) is 0 Å². The Morgan fingerprint density at radius 2 is 1.32 bits per heavy atom. The first-order chi connectivity index (χ1) is 16.3. The average Bonchev–Trinajstić information content (AvgIpc) is 3.33. The van der Waals surface area contributed by atoms with Gasteiger partial charge in [0.1, 0.15) is 0 Å². The summed E-state index contributed by atoms with van der Waals surface area (Å²) in [5.41, 5.74) is 0.533. The molecule has 34 heavy (non-hydrogen) atoms. The van der Waals surface area contributed by atoms with Gasteiger partial charge in [-0.25, -0.2) is 9.63 Å². The molecule has 2 heterocycles. The van der Waals surface area contributed by atoms with Crippen LogP contribution in [0.2, 0.25) is 0 Å². The monoisotopic (exact) mass is 502 g/mol. The number of carbonyl (C=O) groups is 5. The van der Waals surface area contributed by atoms with Gasteiger partial charge in [0, 0.05) is 41.0 Å². The molecule has 1 unspecified atom stereocenters. The first-order valence-electron chi connectivity index (χ1n) is 10.1. The van der Waals surface area contributed by atoms with Crippen molar-refractivity contribution in [2.75, 3.05) is 0 Å². The van der Waals surface area contributed by atoms with Crippen LogP contribution in [0, 0.1) is 0 Å². The Labute approximate surface area is 201 Å². The highest BCUT2D eigenvalue weighted by molar-refractivity contribution is 8.76. The number of aliphatic hydroxyl groups excluding tert-OH is 1. The maximum atomic E-state index is 12.3. The summed E-state index contributed by atoms with van der Waals surface area (Å²) in [5, 5.41) is 11.4. The Hall–Kier alpha value is -3.19. The van der Waals surface area contributed by atoms with Crippen LogP contribution in [-0.2, 0) is 28.9 Å². The number of aliphatic hydroxyl groups is 1. The molecular formula is C22H18N2O8S2. The molecule has 4 amide bonds. The van der Waals surface area contributed by atoms with Crippen LogP contribution in [0.25, 0.3) is 0 Å². The molecular weight excluding hydrogens is 484 g/mol. The number of nitrogens with zero attached hydrogens (tertiary/aromatic N) is 2. The fraction of sp³-hybridized carbons (Fsp3) is 0.227. The smallest absolute Gasteiger partial charge is 0.362 e. The summed E-state index contributed by atoms with van der Waals surface area (Å²) in [6, 6.07) is 13.2. The maximum Gasteiger partial charge on any atom is 0.363 e. The van der Waals surface area contributed by atoms with E-state index in [1.165, 1.54) is 27.7 Å². The van der Waals surface area contributed by atoms with Gasteiger partial charge in [-0.05, 0) is 30.3 Å². The largest absolute Gasteiger partial charge is 0.363 e. The Kier molecular flexibility index (Phi) is 7.32. The van der Waals surface area contributed by atoms with Crippen LogP contribution in [0.4, 0.5) is 0 Å². The minimum absolute atomic E-state index is 0.0160. The van der Waals surface area contributed by atoms with E-state index < -0.39 is 35.9 Å². The lowest BCUT2D eigenvalue weighted by atomic mass is 10.2. The van der Waals surface area contributed by atoms with Gasteiger partial charge in [-0.2, -0.15) is 5.06 Å². The first kappa shape index (κ1) is 24.0. The zero-order chi connectivity index (χ0) is 24.2. The Bertz CT molecular complexity index is 1140. The molecule has 12 heteroatoms. The van der Waals surface area contributed by atoms with Crippen LogP contribution < -0.4 is 0 Å². The zero-order valence-electron chi connectivity index (χ0n) is 17.5. The molecule has 0 aliphatic carbocycles. The second-order valence-corrected chi connectivity index (χ2v) is 9.54. The van der Waals surface area contributed by atoms with Crippen molar-refractivity contribution in [1.29, 1.82) is 0 Å². The van der Waals surface area contributed by atoms with Gasteiger partial charge in [0.2, 0.25) is 6.29 Å². The Morgan fingerprint density at radius 3 is 1.94 bits per heavy atom. The van der Waals surface area contributed by atoms with E-state index in [9.17, 15) is 29.1 Å². The van der Waals surface area contributed by atoms with Gasteiger partial charge in [0.15, 0.2) is 0 Å². The van der Waals surface area contributed by atoms with Gasteiger partial charge in [0.25, 0.3) is 23.6 Å². The summed E-state index contributed by atoms with van der Waals surface area (Å²) in [7, 11) is 2.66. The molecule has 0 radical (unpaired) electrons. The third-order valence-corrected chi connectivity index (χ3v) is 7.22. The van der Waals surface area contributed by atoms with E-state index in [4.69, 9.17) is 9.68 Å². The summed E-state index contributed by atoms with van der Waals surface area (Å²) in [4.78, 5) is 70.5. The highest BCUT2D eigenvalue weighted by atomic mass is 33.1. The summed E-state index contributed by atoms with van der Waals surface area (Å²) >= 11 is 0. The molecule has 2 aliphatic heterocycles. The first-order valence-corrected chi connectivity index (χ1v) is 12.3. The van der Waals surface area contributed by atoms with E-state index in [-0.39, 0.29) is 31.2 Å². The molecule has 10 nitrogen and oxygen atoms in total. The second kappa shape index (κ2) is 10.4. The van der Waals surface area contributed by atoms with Crippen molar-refractivity contribution in [3.8, 4) is 0 Å². The molecule has 0 aromatic heterocycles. The molecule has 2 aromatic rings. The molecule has 1 atom stereocenters. The number of imide groups is 2. The summed E-state index contributed by atoms with van der Waals surface area (Å²) in [6.07, 6.45) is -1.36. The van der Waals surface area contributed by atoms with Gasteiger partial charge >= 0.3 is 5.97 Å². The number of carbonyl (C=O) groups excluding carboxylic acids is 5. The van der Waals surface area contributed by atoms with Crippen LogP contribution >= 0.6 is 21.6 Å². The molecule has 4 rings (SSSR count). The van der Waals surface area contributed by atoms with Gasteiger partial charge in [0.05, 0.1) is 5.56 Å². The van der Waals surface area contributed by atoms with E-state index in [1.54, 1.807) is 42.5 Å². The predicted octanol–water partition coefficient (Wildman–Crippen LogP) is 2.78. The normalized spacial score (nSPS) is 17.0. The van der Waals surface area contributed by atoms with E-state index in [0.717, 1.165) is 4.90 Å². The molecule has 0 spiro atoms. The number of amides is 4. The van der Waals surface area contributed by atoms with Crippen molar-refractivity contribution >= 4 is 51.2 Å². The number of hydrogen-bond donors (Lipinski definition) is 1. The van der Waals surface area contributed by atoms with Crippen molar-refractivity contribution < 1.29 is 38.8 Å². The quantitative estimate of drug-likeness (QED) is 0.327. The Balaban J connectivity index is 1.37. The second-order valence-electron chi connectivity index (χ2n) is 7.27. The summed E-state index contributed by atoms with van der Waals surface area (Å²) < 4.78 is 0. The summed E-state index contributed by atoms with van der Waals surface area (Å²) in [6.45, 7) is 0. The lowest BCUT2D eigenvalue weighted by Crippen LogP contribution is -2.32. The van der Waals surface area contributed by atoms with Crippen molar-refractivity contribution in [1.82, 2.24) is 10.1 Å². The predicted molar refractivity (Wildman–Crippen MR) is 118 cm³/mol. The molecule has 2 fully saturated rings. The van der Waals surface area contributed by atoms with Crippen molar-refractivity contribution in [3.63, 3.8) is 0 Å². The van der Waals surface area contributed by atoms with E-state index >= 15 is 0 Å². The minimum Gasteiger partial charge on any atom is -0.362 e. The van der Waals surface area contributed by atoms with Crippen LogP contribution in [-0.4, -0.2) is 44.8 Å². The molecule has 2 saturated heterocycles. The number of rotatable bonds is 8. The lowest BCUT2D eigenvalue weighted by molar-refractivity contribution is -0.247. The topological polar surface area (TPSA) is 131 Å². The third-order valence-electron chi connectivity index (χ3n) is 4.84. The van der Waals surface area contributed by atoms with Gasteiger partial charge in [-0.3, -0.25) is 19.2 Å². The number of hydrogen-bond acceptors (Lipinski definition) is 10. The molecule has 176 valence electrons. The van der Waals surface area contributed by atoms with Crippen molar-refractivity contribution in [2.45, 2.75) is 41.8 Å². The zero-order valence-corrected chi connectivity index (χ0v) is 19.2. The van der Waals surface area contributed by atoms with Crippen molar-refractivity contribution in [2.24, 2.45) is 0 Å².